The minimum absolute atomic E-state index is 0.441. The van der Waals surface area contributed by atoms with Crippen LogP contribution in [-0.2, 0) is 0 Å². The van der Waals surface area contributed by atoms with Crippen LogP contribution in [0.4, 0.5) is 0 Å². The van der Waals surface area contributed by atoms with Crippen molar-refractivity contribution in [2.75, 3.05) is 5.33 Å². The summed E-state index contributed by atoms with van der Waals surface area (Å²) in [7, 11) is 0. The summed E-state index contributed by atoms with van der Waals surface area (Å²) in [6.45, 7) is 3.78. The zero-order chi connectivity index (χ0) is 8.10. The van der Waals surface area contributed by atoms with Crippen LogP contribution in [-0.4, -0.2) is 5.33 Å². The van der Waals surface area contributed by atoms with E-state index in [4.69, 9.17) is 0 Å². The van der Waals surface area contributed by atoms with Crippen molar-refractivity contribution < 1.29 is 0 Å². The first-order chi connectivity index (χ1) is 5.38. The van der Waals surface area contributed by atoms with E-state index in [0.29, 0.717) is 5.92 Å². The second-order valence-corrected chi connectivity index (χ2v) is 3.05. The van der Waals surface area contributed by atoms with Crippen LogP contribution in [0.2, 0.25) is 0 Å². The van der Waals surface area contributed by atoms with Crippen LogP contribution >= 0.6 is 15.9 Å². The maximum atomic E-state index is 3.78. The lowest BCUT2D eigenvalue weighted by molar-refractivity contribution is 0.996. The average molecular weight is 211 g/mol. The van der Waals surface area contributed by atoms with E-state index in [9.17, 15) is 0 Å². The van der Waals surface area contributed by atoms with Crippen molar-refractivity contribution in [2.24, 2.45) is 0 Å². The van der Waals surface area contributed by atoms with Crippen LogP contribution in [0.3, 0.4) is 0 Å². The lowest BCUT2D eigenvalue weighted by Crippen LogP contribution is -1.94. The number of hydrogen-bond donors (Lipinski definition) is 0. The van der Waals surface area contributed by atoms with Crippen LogP contribution in [0.5, 0.6) is 0 Å². The molecule has 58 valence electrons. The summed E-state index contributed by atoms with van der Waals surface area (Å²) < 4.78 is 0. The third-order valence-electron chi connectivity index (χ3n) is 1.68. The molecule has 1 heteroatoms. The fraction of sp³-hybridized carbons (Fsp3) is 0.200. The second-order valence-electron chi connectivity index (χ2n) is 2.41. The van der Waals surface area contributed by atoms with Crippen molar-refractivity contribution in [3.63, 3.8) is 0 Å². The van der Waals surface area contributed by atoms with Crippen LogP contribution in [0.15, 0.2) is 43.0 Å². The molecule has 1 aromatic carbocycles. The van der Waals surface area contributed by atoms with Gasteiger partial charge in [0.1, 0.15) is 0 Å². The molecule has 0 aromatic heterocycles. The topological polar surface area (TPSA) is 0 Å². The molecule has 0 heterocycles. The van der Waals surface area contributed by atoms with E-state index in [1.54, 1.807) is 0 Å². The van der Waals surface area contributed by atoms with Crippen LogP contribution in [0.1, 0.15) is 11.5 Å². The molecular weight excluding hydrogens is 200 g/mol. The summed E-state index contributed by atoms with van der Waals surface area (Å²) in [6.07, 6.45) is 1.96. The predicted molar refractivity (Wildman–Crippen MR) is 53.2 cm³/mol. The SMILES string of the molecule is C=CC(CBr)c1ccccc1. The van der Waals surface area contributed by atoms with Gasteiger partial charge in [-0.2, -0.15) is 0 Å². The highest BCUT2D eigenvalue weighted by Gasteiger charge is 2.02. The highest BCUT2D eigenvalue weighted by molar-refractivity contribution is 9.09. The van der Waals surface area contributed by atoms with E-state index in [-0.39, 0.29) is 0 Å². The Bertz CT molecular complexity index is 216. The maximum Gasteiger partial charge on any atom is 0.0135 e. The van der Waals surface area contributed by atoms with Crippen molar-refractivity contribution in [1.82, 2.24) is 0 Å². The van der Waals surface area contributed by atoms with Gasteiger partial charge in [-0.3, -0.25) is 0 Å². The molecule has 0 nitrogen and oxygen atoms in total. The van der Waals surface area contributed by atoms with Gasteiger partial charge in [0.15, 0.2) is 0 Å². The molecule has 0 amide bonds. The van der Waals surface area contributed by atoms with Crippen LogP contribution < -0.4 is 0 Å². The highest BCUT2D eigenvalue weighted by atomic mass is 79.9. The van der Waals surface area contributed by atoms with E-state index in [0.717, 1.165) is 5.33 Å². The molecule has 11 heavy (non-hydrogen) atoms. The molecule has 1 unspecified atom stereocenters. The molecule has 0 bridgehead atoms. The quantitative estimate of drug-likeness (QED) is 0.531. The van der Waals surface area contributed by atoms with Gasteiger partial charge in [0.05, 0.1) is 0 Å². The lowest BCUT2D eigenvalue weighted by Gasteiger charge is -2.07. The van der Waals surface area contributed by atoms with Gasteiger partial charge in [-0.05, 0) is 5.56 Å². The Labute approximate surface area is 76.1 Å². The first-order valence-corrected chi connectivity index (χ1v) is 4.74. The van der Waals surface area contributed by atoms with Gasteiger partial charge in [-0.25, -0.2) is 0 Å². The summed E-state index contributed by atoms with van der Waals surface area (Å²) in [5, 5.41) is 0.945. The van der Waals surface area contributed by atoms with Gasteiger partial charge in [0.2, 0.25) is 0 Å². The minimum atomic E-state index is 0.441. The van der Waals surface area contributed by atoms with Crippen molar-refractivity contribution in [3.8, 4) is 0 Å². The molecule has 0 aliphatic heterocycles. The smallest absolute Gasteiger partial charge is 0.0135 e. The third-order valence-corrected chi connectivity index (χ3v) is 2.38. The summed E-state index contributed by atoms with van der Waals surface area (Å²) in [4.78, 5) is 0. The van der Waals surface area contributed by atoms with E-state index in [1.807, 2.05) is 12.1 Å². The summed E-state index contributed by atoms with van der Waals surface area (Å²) >= 11 is 3.44. The lowest BCUT2D eigenvalue weighted by atomic mass is 10.0. The Morgan fingerprint density at radius 3 is 2.45 bits per heavy atom. The Hall–Kier alpha value is -0.560. The number of allylic oxidation sites excluding steroid dienone is 1. The van der Waals surface area contributed by atoms with E-state index in [2.05, 4.69) is 46.8 Å². The second kappa shape index (κ2) is 4.35. The van der Waals surface area contributed by atoms with Gasteiger partial charge in [-0.15, -0.1) is 6.58 Å². The highest BCUT2D eigenvalue weighted by Crippen LogP contribution is 2.18. The summed E-state index contributed by atoms with van der Waals surface area (Å²) in [6, 6.07) is 10.4. The first-order valence-electron chi connectivity index (χ1n) is 3.62. The number of halogens is 1. The van der Waals surface area contributed by atoms with Gasteiger partial charge < -0.3 is 0 Å². The van der Waals surface area contributed by atoms with E-state index in [1.165, 1.54) is 5.56 Å². The zero-order valence-electron chi connectivity index (χ0n) is 6.33. The molecular formula is C10H11Br. The zero-order valence-corrected chi connectivity index (χ0v) is 7.92. The first kappa shape index (κ1) is 8.54. The number of rotatable bonds is 3. The van der Waals surface area contributed by atoms with Crippen molar-refractivity contribution in [3.05, 3.63) is 48.6 Å². The standard InChI is InChI=1S/C10H11Br/c1-2-9(8-11)10-6-4-3-5-7-10/h2-7,9H,1,8H2. The molecule has 1 atom stereocenters. The number of benzene rings is 1. The minimum Gasteiger partial charge on any atom is -0.102 e. The Balaban J connectivity index is 2.82. The molecule has 0 fully saturated rings. The average Bonchev–Trinajstić information content (AvgIpc) is 2.09. The summed E-state index contributed by atoms with van der Waals surface area (Å²) in [5.41, 5.74) is 1.32. The van der Waals surface area contributed by atoms with Crippen LogP contribution in [0.25, 0.3) is 0 Å². The molecule has 0 aliphatic carbocycles. The molecule has 0 saturated heterocycles. The Morgan fingerprint density at radius 2 is 2.00 bits per heavy atom. The fourth-order valence-electron chi connectivity index (χ4n) is 0.988. The molecule has 0 N–H and O–H groups in total. The number of hydrogen-bond acceptors (Lipinski definition) is 0. The normalized spacial score (nSPS) is 12.5. The Morgan fingerprint density at radius 1 is 1.36 bits per heavy atom. The molecule has 1 rings (SSSR count). The molecule has 0 aliphatic rings. The molecule has 1 aromatic rings. The largest absolute Gasteiger partial charge is 0.102 e. The fourth-order valence-corrected chi connectivity index (χ4v) is 1.63. The van der Waals surface area contributed by atoms with Crippen LogP contribution in [0, 0.1) is 0 Å². The third kappa shape index (κ3) is 2.19. The van der Waals surface area contributed by atoms with E-state index >= 15 is 0 Å². The van der Waals surface area contributed by atoms with Gasteiger partial charge >= 0.3 is 0 Å². The predicted octanol–water partition coefficient (Wildman–Crippen LogP) is 3.35. The molecule has 0 radical (unpaired) electrons. The number of alkyl halides is 1. The van der Waals surface area contributed by atoms with Gasteiger partial charge in [0.25, 0.3) is 0 Å². The molecule has 0 saturated carbocycles. The van der Waals surface area contributed by atoms with E-state index < -0.39 is 0 Å². The molecule has 0 spiro atoms. The van der Waals surface area contributed by atoms with Crippen molar-refractivity contribution >= 4 is 15.9 Å². The van der Waals surface area contributed by atoms with Gasteiger partial charge in [0, 0.05) is 11.2 Å². The summed E-state index contributed by atoms with van der Waals surface area (Å²) in [5.74, 6) is 0.441. The monoisotopic (exact) mass is 210 g/mol. The van der Waals surface area contributed by atoms with Crippen molar-refractivity contribution in [2.45, 2.75) is 5.92 Å². The van der Waals surface area contributed by atoms with Gasteiger partial charge in [-0.1, -0.05) is 52.3 Å². The van der Waals surface area contributed by atoms with Crippen molar-refractivity contribution in [1.29, 1.82) is 0 Å². The Kier molecular flexibility index (Phi) is 3.37. The maximum absolute atomic E-state index is 3.78.